The molecule has 2 N–H and O–H groups in total. The number of methoxy groups -OCH3 is 1. The number of halogens is 2. The van der Waals surface area contributed by atoms with Crippen molar-refractivity contribution in [1.82, 2.24) is 10.2 Å². The number of hydrogen-bond donors (Lipinski definition) is 2. The molecular weight excluding hydrogens is 299 g/mol. The smallest absolute Gasteiger partial charge is 0.143 e. The molecule has 0 aliphatic carbocycles. The van der Waals surface area contributed by atoms with Crippen molar-refractivity contribution in [3.05, 3.63) is 27.7 Å². The van der Waals surface area contributed by atoms with E-state index in [0.717, 1.165) is 26.2 Å². The number of piperazine rings is 1. The van der Waals surface area contributed by atoms with Gasteiger partial charge in [0.1, 0.15) is 5.75 Å². The van der Waals surface area contributed by atoms with Gasteiger partial charge < -0.3 is 15.2 Å². The number of rotatable bonds is 4. The molecule has 1 aromatic carbocycles. The van der Waals surface area contributed by atoms with Crippen molar-refractivity contribution >= 4 is 23.2 Å². The van der Waals surface area contributed by atoms with E-state index in [2.05, 4.69) is 10.2 Å². The Kier molecular flexibility index (Phi) is 5.52. The van der Waals surface area contributed by atoms with Gasteiger partial charge in [0.25, 0.3) is 0 Å². The SMILES string of the molecule is COc1c(Cl)cc(Cl)cc1C(O)C(C)N1CCNCC1. The first kappa shape index (κ1) is 15.9. The van der Waals surface area contributed by atoms with Crippen molar-refractivity contribution in [2.24, 2.45) is 0 Å². The Bertz CT molecular complexity index is 465. The Morgan fingerprint density at radius 2 is 1.95 bits per heavy atom. The van der Waals surface area contributed by atoms with Crippen molar-refractivity contribution in [3.8, 4) is 5.75 Å². The lowest BCUT2D eigenvalue weighted by molar-refractivity contribution is 0.0495. The van der Waals surface area contributed by atoms with Crippen LogP contribution in [0.3, 0.4) is 0 Å². The normalized spacial score (nSPS) is 19.6. The van der Waals surface area contributed by atoms with Crippen LogP contribution in [0.2, 0.25) is 10.0 Å². The molecule has 20 heavy (non-hydrogen) atoms. The van der Waals surface area contributed by atoms with E-state index in [0.29, 0.717) is 21.4 Å². The zero-order chi connectivity index (χ0) is 14.7. The first-order valence-corrected chi connectivity index (χ1v) is 7.46. The summed E-state index contributed by atoms with van der Waals surface area (Å²) in [7, 11) is 1.54. The highest BCUT2D eigenvalue weighted by molar-refractivity contribution is 6.35. The summed E-state index contributed by atoms with van der Waals surface area (Å²) in [6.45, 7) is 5.70. The van der Waals surface area contributed by atoms with Gasteiger partial charge in [-0.3, -0.25) is 4.90 Å². The van der Waals surface area contributed by atoms with Crippen LogP contribution in [0.4, 0.5) is 0 Å². The van der Waals surface area contributed by atoms with Crippen molar-refractivity contribution in [1.29, 1.82) is 0 Å². The maximum Gasteiger partial charge on any atom is 0.143 e. The molecule has 2 unspecified atom stereocenters. The van der Waals surface area contributed by atoms with Crippen LogP contribution in [-0.2, 0) is 0 Å². The molecule has 0 radical (unpaired) electrons. The van der Waals surface area contributed by atoms with Crippen LogP contribution in [0.15, 0.2) is 12.1 Å². The molecule has 0 spiro atoms. The highest BCUT2D eigenvalue weighted by atomic mass is 35.5. The van der Waals surface area contributed by atoms with Crippen LogP contribution < -0.4 is 10.1 Å². The van der Waals surface area contributed by atoms with Crippen LogP contribution in [0.1, 0.15) is 18.6 Å². The first-order valence-electron chi connectivity index (χ1n) is 6.70. The van der Waals surface area contributed by atoms with Crippen molar-refractivity contribution in [3.63, 3.8) is 0 Å². The zero-order valence-corrected chi connectivity index (χ0v) is 13.2. The lowest BCUT2D eigenvalue weighted by Gasteiger charge is -2.35. The van der Waals surface area contributed by atoms with E-state index in [4.69, 9.17) is 27.9 Å². The molecule has 1 aliphatic rings. The van der Waals surface area contributed by atoms with E-state index in [-0.39, 0.29) is 6.04 Å². The fraction of sp³-hybridized carbons (Fsp3) is 0.571. The third-order valence-electron chi connectivity index (χ3n) is 3.74. The fourth-order valence-corrected chi connectivity index (χ4v) is 3.15. The third-order valence-corrected chi connectivity index (χ3v) is 4.24. The largest absolute Gasteiger partial charge is 0.495 e. The number of nitrogens with zero attached hydrogens (tertiary/aromatic N) is 1. The maximum absolute atomic E-state index is 10.6. The molecule has 1 heterocycles. The highest BCUT2D eigenvalue weighted by Crippen LogP contribution is 2.37. The van der Waals surface area contributed by atoms with Gasteiger partial charge in [-0.05, 0) is 19.1 Å². The van der Waals surface area contributed by atoms with Gasteiger partial charge >= 0.3 is 0 Å². The second-order valence-electron chi connectivity index (χ2n) is 4.98. The van der Waals surface area contributed by atoms with Crippen LogP contribution in [0.5, 0.6) is 5.75 Å². The van der Waals surface area contributed by atoms with Gasteiger partial charge in [-0.2, -0.15) is 0 Å². The van der Waals surface area contributed by atoms with Gasteiger partial charge in [-0.15, -0.1) is 0 Å². The monoisotopic (exact) mass is 318 g/mol. The molecule has 112 valence electrons. The average molecular weight is 319 g/mol. The first-order chi connectivity index (χ1) is 9.54. The Hall–Kier alpha value is -0.520. The lowest BCUT2D eigenvalue weighted by Crippen LogP contribution is -2.49. The number of aliphatic hydroxyl groups is 1. The van der Waals surface area contributed by atoms with E-state index < -0.39 is 6.10 Å². The maximum atomic E-state index is 10.6. The van der Waals surface area contributed by atoms with Gasteiger partial charge in [-0.1, -0.05) is 23.2 Å². The number of nitrogens with one attached hydrogen (secondary N) is 1. The Morgan fingerprint density at radius 3 is 2.55 bits per heavy atom. The second kappa shape index (κ2) is 6.96. The second-order valence-corrected chi connectivity index (χ2v) is 5.83. The number of benzene rings is 1. The number of aliphatic hydroxyl groups excluding tert-OH is 1. The van der Waals surface area contributed by atoms with Crippen LogP contribution in [0, 0.1) is 0 Å². The molecule has 0 saturated carbocycles. The summed E-state index contributed by atoms with van der Waals surface area (Å²) in [5.74, 6) is 0.491. The molecule has 1 aliphatic heterocycles. The molecule has 2 atom stereocenters. The molecule has 4 nitrogen and oxygen atoms in total. The molecule has 1 aromatic rings. The van der Waals surface area contributed by atoms with Crippen molar-refractivity contribution < 1.29 is 9.84 Å². The molecule has 6 heteroatoms. The standard InChI is InChI=1S/C14H20Cl2N2O2/c1-9(18-5-3-17-4-6-18)13(19)11-7-10(15)8-12(16)14(11)20-2/h7-9,13,17,19H,3-6H2,1-2H3. The highest BCUT2D eigenvalue weighted by Gasteiger charge is 2.27. The summed E-state index contributed by atoms with van der Waals surface area (Å²) in [4.78, 5) is 2.25. The predicted molar refractivity (Wildman–Crippen MR) is 81.9 cm³/mol. The van der Waals surface area contributed by atoms with E-state index in [9.17, 15) is 5.11 Å². The fourth-order valence-electron chi connectivity index (χ4n) is 2.56. The van der Waals surface area contributed by atoms with E-state index in [1.165, 1.54) is 0 Å². The van der Waals surface area contributed by atoms with Crippen LogP contribution in [0.25, 0.3) is 0 Å². The van der Waals surface area contributed by atoms with Crippen molar-refractivity contribution in [2.75, 3.05) is 33.3 Å². The van der Waals surface area contributed by atoms with Crippen LogP contribution in [-0.4, -0.2) is 49.3 Å². The summed E-state index contributed by atoms with van der Waals surface area (Å²) in [5, 5.41) is 14.9. The molecule has 2 rings (SSSR count). The average Bonchev–Trinajstić information content (AvgIpc) is 2.46. The van der Waals surface area contributed by atoms with Gasteiger partial charge in [0, 0.05) is 42.8 Å². The summed E-state index contributed by atoms with van der Waals surface area (Å²) in [6.07, 6.45) is -0.695. The predicted octanol–water partition coefficient (Wildman–Crippen LogP) is 2.33. The van der Waals surface area contributed by atoms with Crippen molar-refractivity contribution in [2.45, 2.75) is 19.1 Å². The topological polar surface area (TPSA) is 44.7 Å². The van der Waals surface area contributed by atoms with Gasteiger partial charge in [0.15, 0.2) is 0 Å². The molecule has 0 bridgehead atoms. The van der Waals surface area contributed by atoms with Gasteiger partial charge in [0.05, 0.1) is 18.2 Å². The molecule has 1 saturated heterocycles. The Labute approximate surface area is 129 Å². The lowest BCUT2D eigenvalue weighted by atomic mass is 10.0. The van der Waals surface area contributed by atoms with Gasteiger partial charge in [-0.25, -0.2) is 0 Å². The minimum absolute atomic E-state index is 0.0273. The molecule has 0 aromatic heterocycles. The molecule has 0 amide bonds. The Morgan fingerprint density at radius 1 is 1.30 bits per heavy atom. The minimum Gasteiger partial charge on any atom is -0.495 e. The van der Waals surface area contributed by atoms with E-state index >= 15 is 0 Å². The van der Waals surface area contributed by atoms with Gasteiger partial charge in [0.2, 0.25) is 0 Å². The number of ether oxygens (including phenoxy) is 1. The molecule has 1 fully saturated rings. The molecular formula is C14H20Cl2N2O2. The quantitative estimate of drug-likeness (QED) is 0.894. The summed E-state index contributed by atoms with van der Waals surface area (Å²) in [5.41, 5.74) is 0.635. The van der Waals surface area contributed by atoms with E-state index in [1.807, 2.05) is 6.92 Å². The number of hydrogen-bond acceptors (Lipinski definition) is 4. The van der Waals surface area contributed by atoms with Crippen LogP contribution >= 0.6 is 23.2 Å². The summed E-state index contributed by atoms with van der Waals surface area (Å²) >= 11 is 12.2. The summed E-state index contributed by atoms with van der Waals surface area (Å²) < 4.78 is 5.31. The minimum atomic E-state index is -0.695. The zero-order valence-electron chi connectivity index (χ0n) is 11.7. The Balaban J connectivity index is 2.25. The van der Waals surface area contributed by atoms with E-state index in [1.54, 1.807) is 19.2 Å². The summed E-state index contributed by atoms with van der Waals surface area (Å²) in [6, 6.07) is 3.31. The third kappa shape index (κ3) is 3.38.